The van der Waals surface area contributed by atoms with Crippen LogP contribution in [0, 0.1) is 5.92 Å². The van der Waals surface area contributed by atoms with E-state index in [1.807, 2.05) is 24.3 Å². The Morgan fingerprint density at radius 3 is 2.86 bits per heavy atom. The minimum atomic E-state index is -0.227. The summed E-state index contributed by atoms with van der Waals surface area (Å²) in [6.45, 7) is 1.46. The number of aromatic nitrogens is 2. The van der Waals surface area contributed by atoms with Crippen LogP contribution in [0.25, 0.3) is 0 Å². The van der Waals surface area contributed by atoms with E-state index in [1.54, 1.807) is 18.1 Å². The summed E-state index contributed by atoms with van der Waals surface area (Å²) in [5.41, 5.74) is 6.64. The Morgan fingerprint density at radius 1 is 1.32 bits per heavy atom. The van der Waals surface area contributed by atoms with E-state index in [9.17, 15) is 4.79 Å². The van der Waals surface area contributed by atoms with Gasteiger partial charge in [-0.25, -0.2) is 9.97 Å². The second-order valence-electron chi connectivity index (χ2n) is 5.32. The largest absolute Gasteiger partial charge is 0.369 e. The van der Waals surface area contributed by atoms with E-state index >= 15 is 0 Å². The van der Waals surface area contributed by atoms with Crippen LogP contribution in [0.15, 0.2) is 47.8 Å². The molecule has 6 heteroatoms. The predicted octanol–water partition coefficient (Wildman–Crippen LogP) is 2.08. The highest BCUT2D eigenvalue weighted by Crippen LogP contribution is 2.26. The van der Waals surface area contributed by atoms with Gasteiger partial charge in [0.15, 0.2) is 0 Å². The SMILES string of the molecule is NC(=O)[C@@H]1CCN(c2cc(SCc3ccccc3)ncn2)C1. The molecule has 0 radical (unpaired) electrons. The molecule has 1 aliphatic rings. The van der Waals surface area contributed by atoms with Gasteiger partial charge < -0.3 is 10.6 Å². The van der Waals surface area contributed by atoms with Gasteiger partial charge in [0.2, 0.25) is 5.91 Å². The highest BCUT2D eigenvalue weighted by atomic mass is 32.2. The van der Waals surface area contributed by atoms with Crippen molar-refractivity contribution in [1.82, 2.24) is 9.97 Å². The fourth-order valence-electron chi connectivity index (χ4n) is 2.51. The van der Waals surface area contributed by atoms with E-state index in [2.05, 4.69) is 27.0 Å². The van der Waals surface area contributed by atoms with Gasteiger partial charge in [0.25, 0.3) is 0 Å². The van der Waals surface area contributed by atoms with Crippen molar-refractivity contribution in [2.24, 2.45) is 11.7 Å². The van der Waals surface area contributed by atoms with Crippen LogP contribution in [0.3, 0.4) is 0 Å². The molecule has 0 aliphatic carbocycles. The van der Waals surface area contributed by atoms with Crippen LogP contribution in [0.4, 0.5) is 5.82 Å². The number of thioether (sulfide) groups is 1. The number of amides is 1. The van der Waals surface area contributed by atoms with E-state index in [1.165, 1.54) is 5.56 Å². The number of benzene rings is 1. The molecule has 1 aliphatic heterocycles. The average molecular weight is 314 g/mol. The molecule has 114 valence electrons. The first kappa shape index (κ1) is 14.8. The Kier molecular flexibility index (Phi) is 4.58. The van der Waals surface area contributed by atoms with Crippen LogP contribution >= 0.6 is 11.8 Å². The number of carbonyl (C=O) groups excluding carboxylic acids is 1. The number of nitrogens with zero attached hydrogens (tertiary/aromatic N) is 3. The van der Waals surface area contributed by atoms with Crippen LogP contribution < -0.4 is 10.6 Å². The zero-order chi connectivity index (χ0) is 15.4. The van der Waals surface area contributed by atoms with Crippen molar-refractivity contribution in [3.63, 3.8) is 0 Å². The van der Waals surface area contributed by atoms with Gasteiger partial charge >= 0.3 is 0 Å². The summed E-state index contributed by atoms with van der Waals surface area (Å²) in [4.78, 5) is 22.0. The molecule has 0 unspecified atom stereocenters. The van der Waals surface area contributed by atoms with Crippen molar-refractivity contribution in [1.29, 1.82) is 0 Å². The zero-order valence-electron chi connectivity index (χ0n) is 12.2. The average Bonchev–Trinajstić information content (AvgIpc) is 3.05. The van der Waals surface area contributed by atoms with E-state index in [4.69, 9.17) is 5.73 Å². The van der Waals surface area contributed by atoms with Crippen LogP contribution in [-0.4, -0.2) is 29.0 Å². The molecule has 1 aromatic heterocycles. The van der Waals surface area contributed by atoms with Gasteiger partial charge in [-0.15, -0.1) is 11.8 Å². The molecule has 2 N–H and O–H groups in total. The second kappa shape index (κ2) is 6.79. The van der Waals surface area contributed by atoms with Crippen LogP contribution in [0.5, 0.6) is 0 Å². The van der Waals surface area contributed by atoms with Crippen molar-refractivity contribution in [2.75, 3.05) is 18.0 Å². The minimum absolute atomic E-state index is 0.0737. The fraction of sp³-hybridized carbons (Fsp3) is 0.312. The zero-order valence-corrected chi connectivity index (χ0v) is 13.0. The van der Waals surface area contributed by atoms with Gasteiger partial charge in [0, 0.05) is 24.9 Å². The summed E-state index contributed by atoms with van der Waals surface area (Å²) in [5, 5.41) is 0.941. The van der Waals surface area contributed by atoms with Gasteiger partial charge in [-0.3, -0.25) is 4.79 Å². The van der Waals surface area contributed by atoms with E-state index in [0.29, 0.717) is 6.54 Å². The number of carbonyl (C=O) groups is 1. The van der Waals surface area contributed by atoms with E-state index in [0.717, 1.165) is 29.6 Å². The summed E-state index contributed by atoms with van der Waals surface area (Å²) in [5.74, 6) is 1.45. The molecular weight excluding hydrogens is 296 g/mol. The number of anilines is 1. The second-order valence-corrected chi connectivity index (χ2v) is 6.32. The van der Waals surface area contributed by atoms with Gasteiger partial charge in [0.1, 0.15) is 17.2 Å². The maximum absolute atomic E-state index is 11.3. The molecule has 1 fully saturated rings. The Bertz CT molecular complexity index is 650. The quantitative estimate of drug-likeness (QED) is 0.676. The summed E-state index contributed by atoms with van der Waals surface area (Å²) in [6, 6.07) is 12.3. The molecular formula is C16H18N4OS. The molecule has 2 aromatic rings. The molecule has 0 bridgehead atoms. The maximum Gasteiger partial charge on any atom is 0.222 e. The molecule has 1 saturated heterocycles. The first-order chi connectivity index (χ1) is 10.7. The van der Waals surface area contributed by atoms with E-state index in [-0.39, 0.29) is 11.8 Å². The van der Waals surface area contributed by atoms with Crippen molar-refractivity contribution in [3.05, 3.63) is 48.3 Å². The van der Waals surface area contributed by atoms with Crippen LogP contribution in [0.2, 0.25) is 0 Å². The van der Waals surface area contributed by atoms with Crippen LogP contribution in [-0.2, 0) is 10.5 Å². The standard InChI is InChI=1S/C16H18N4OS/c17-16(21)13-6-7-20(9-13)14-8-15(19-11-18-14)22-10-12-4-2-1-3-5-12/h1-5,8,11,13H,6-7,9-10H2,(H2,17,21)/t13-/m1/s1. The first-order valence-electron chi connectivity index (χ1n) is 7.25. The number of hydrogen-bond acceptors (Lipinski definition) is 5. The summed E-state index contributed by atoms with van der Waals surface area (Å²) < 4.78 is 0. The smallest absolute Gasteiger partial charge is 0.222 e. The number of rotatable bonds is 5. The first-order valence-corrected chi connectivity index (χ1v) is 8.24. The van der Waals surface area contributed by atoms with Crippen LogP contribution in [0.1, 0.15) is 12.0 Å². The lowest BCUT2D eigenvalue weighted by Crippen LogP contribution is -2.27. The highest BCUT2D eigenvalue weighted by molar-refractivity contribution is 7.98. The van der Waals surface area contributed by atoms with Crippen molar-refractivity contribution >= 4 is 23.5 Å². The molecule has 0 spiro atoms. The molecule has 1 amide bonds. The molecule has 22 heavy (non-hydrogen) atoms. The third kappa shape index (κ3) is 3.57. The Morgan fingerprint density at radius 2 is 2.14 bits per heavy atom. The van der Waals surface area contributed by atoms with Crippen molar-refractivity contribution in [3.8, 4) is 0 Å². The fourth-order valence-corrected chi connectivity index (χ4v) is 3.33. The molecule has 3 rings (SSSR count). The van der Waals surface area contributed by atoms with Gasteiger partial charge in [-0.2, -0.15) is 0 Å². The normalized spacial score (nSPS) is 17.6. The van der Waals surface area contributed by atoms with Gasteiger partial charge in [-0.1, -0.05) is 30.3 Å². The third-order valence-electron chi connectivity index (χ3n) is 3.77. The lowest BCUT2D eigenvalue weighted by Gasteiger charge is -2.17. The number of hydrogen-bond donors (Lipinski definition) is 1. The molecule has 1 atom stereocenters. The topological polar surface area (TPSA) is 72.1 Å². The maximum atomic E-state index is 11.3. The monoisotopic (exact) mass is 314 g/mol. The third-order valence-corrected chi connectivity index (χ3v) is 4.77. The number of primary amides is 1. The lowest BCUT2D eigenvalue weighted by atomic mass is 10.1. The molecule has 1 aromatic carbocycles. The highest BCUT2D eigenvalue weighted by Gasteiger charge is 2.27. The summed E-state index contributed by atoms with van der Waals surface area (Å²) in [7, 11) is 0. The summed E-state index contributed by atoms with van der Waals surface area (Å²) >= 11 is 1.68. The van der Waals surface area contributed by atoms with Gasteiger partial charge in [-0.05, 0) is 12.0 Å². The van der Waals surface area contributed by atoms with E-state index < -0.39 is 0 Å². The van der Waals surface area contributed by atoms with Gasteiger partial charge in [0.05, 0.1) is 5.92 Å². The van der Waals surface area contributed by atoms with Crippen molar-refractivity contribution < 1.29 is 4.79 Å². The lowest BCUT2D eigenvalue weighted by molar-refractivity contribution is -0.121. The predicted molar refractivity (Wildman–Crippen MR) is 87.5 cm³/mol. The molecule has 5 nitrogen and oxygen atoms in total. The minimum Gasteiger partial charge on any atom is -0.369 e. The summed E-state index contributed by atoms with van der Waals surface area (Å²) in [6.07, 6.45) is 2.38. The molecule has 2 heterocycles. The molecule has 0 saturated carbocycles. The Hall–Kier alpha value is -2.08. The number of nitrogens with two attached hydrogens (primary N) is 1. The Labute approximate surface area is 133 Å². The van der Waals surface area contributed by atoms with Crippen molar-refractivity contribution in [2.45, 2.75) is 17.2 Å². The Balaban J connectivity index is 1.64.